The Morgan fingerprint density at radius 3 is 2.64 bits per heavy atom. The third-order valence-electron chi connectivity index (χ3n) is 4.87. The van der Waals surface area contributed by atoms with Crippen LogP contribution in [0, 0.1) is 5.92 Å². The van der Waals surface area contributed by atoms with Crippen molar-refractivity contribution in [3.8, 4) is 0 Å². The zero-order chi connectivity index (χ0) is 17.8. The summed E-state index contributed by atoms with van der Waals surface area (Å²) in [6.07, 6.45) is 2.74. The lowest BCUT2D eigenvalue weighted by Crippen LogP contribution is -2.42. The molecule has 6 heteroatoms. The van der Waals surface area contributed by atoms with E-state index in [1.165, 1.54) is 0 Å². The Hall–Kier alpha value is -2.08. The summed E-state index contributed by atoms with van der Waals surface area (Å²) in [7, 11) is 0. The maximum Gasteiger partial charge on any atom is 0.410 e. The second-order valence-corrected chi connectivity index (χ2v) is 7.15. The van der Waals surface area contributed by atoms with E-state index < -0.39 is 6.04 Å². The van der Waals surface area contributed by atoms with Crippen molar-refractivity contribution in [3.05, 3.63) is 35.9 Å². The number of carbonyl (C=O) groups excluding carboxylic acids is 2. The first-order valence-electron chi connectivity index (χ1n) is 9.06. The first-order valence-corrected chi connectivity index (χ1v) is 9.06. The lowest BCUT2D eigenvalue weighted by molar-refractivity contribution is -0.131. The summed E-state index contributed by atoms with van der Waals surface area (Å²) in [6.45, 7) is 4.06. The zero-order valence-corrected chi connectivity index (χ0v) is 14.8. The number of ether oxygens (including phenoxy) is 1. The number of amides is 2. The maximum absolute atomic E-state index is 12.5. The zero-order valence-electron chi connectivity index (χ0n) is 14.8. The van der Waals surface area contributed by atoms with Crippen LogP contribution >= 0.6 is 0 Å². The predicted octanol–water partition coefficient (Wildman–Crippen LogP) is 1.98. The molecule has 1 aliphatic heterocycles. The molecule has 1 saturated heterocycles. The van der Waals surface area contributed by atoms with Crippen molar-refractivity contribution in [1.82, 2.24) is 9.80 Å². The van der Waals surface area contributed by atoms with Crippen LogP contribution in [0.15, 0.2) is 30.3 Å². The number of nitrogens with zero attached hydrogens (tertiary/aromatic N) is 2. The summed E-state index contributed by atoms with van der Waals surface area (Å²) < 4.78 is 5.50. The number of nitrogens with two attached hydrogens (primary N) is 1. The number of hydrogen-bond acceptors (Lipinski definition) is 4. The summed E-state index contributed by atoms with van der Waals surface area (Å²) in [5, 5.41) is 0. The molecule has 2 aliphatic rings. The Labute approximate surface area is 148 Å². The molecule has 0 bridgehead atoms. The minimum absolute atomic E-state index is 0.00729. The van der Waals surface area contributed by atoms with E-state index >= 15 is 0 Å². The second-order valence-electron chi connectivity index (χ2n) is 7.15. The Morgan fingerprint density at radius 2 is 2.00 bits per heavy atom. The fraction of sp³-hybridized carbons (Fsp3) is 0.579. The van der Waals surface area contributed by atoms with Crippen molar-refractivity contribution in [3.63, 3.8) is 0 Å². The van der Waals surface area contributed by atoms with Gasteiger partial charge in [0.2, 0.25) is 5.91 Å². The lowest BCUT2D eigenvalue weighted by atomic mass is 10.1. The van der Waals surface area contributed by atoms with E-state index in [-0.39, 0.29) is 12.0 Å². The van der Waals surface area contributed by atoms with E-state index in [0.29, 0.717) is 31.7 Å². The number of likely N-dealkylation sites (tertiary alicyclic amines) is 1. The summed E-state index contributed by atoms with van der Waals surface area (Å²) in [5.41, 5.74) is 6.68. The molecule has 1 aromatic carbocycles. The molecule has 1 heterocycles. The minimum Gasteiger partial charge on any atom is -0.445 e. The predicted molar refractivity (Wildman–Crippen MR) is 94.7 cm³/mol. The average molecular weight is 345 g/mol. The highest BCUT2D eigenvalue weighted by Crippen LogP contribution is 2.30. The van der Waals surface area contributed by atoms with Gasteiger partial charge in [-0.2, -0.15) is 0 Å². The Morgan fingerprint density at radius 1 is 1.28 bits per heavy atom. The Kier molecular flexibility index (Phi) is 5.58. The van der Waals surface area contributed by atoms with Crippen molar-refractivity contribution in [1.29, 1.82) is 0 Å². The van der Waals surface area contributed by atoms with Gasteiger partial charge >= 0.3 is 6.09 Å². The van der Waals surface area contributed by atoms with Crippen molar-refractivity contribution in [2.24, 2.45) is 11.7 Å². The van der Waals surface area contributed by atoms with Gasteiger partial charge in [0.25, 0.3) is 0 Å². The summed E-state index contributed by atoms with van der Waals surface area (Å²) in [6, 6.07) is 9.54. The van der Waals surface area contributed by atoms with Gasteiger partial charge in [0.15, 0.2) is 0 Å². The van der Waals surface area contributed by atoms with Crippen LogP contribution in [0.3, 0.4) is 0 Å². The Balaban J connectivity index is 1.52. The van der Waals surface area contributed by atoms with Crippen molar-refractivity contribution in [2.75, 3.05) is 19.6 Å². The van der Waals surface area contributed by atoms with E-state index in [9.17, 15) is 9.59 Å². The number of carbonyl (C=O) groups is 2. The molecule has 0 spiro atoms. The van der Waals surface area contributed by atoms with Gasteiger partial charge in [-0.1, -0.05) is 30.3 Å². The lowest BCUT2D eigenvalue weighted by Gasteiger charge is -2.25. The molecule has 136 valence electrons. The van der Waals surface area contributed by atoms with Gasteiger partial charge in [-0.25, -0.2) is 4.79 Å². The van der Waals surface area contributed by atoms with Crippen LogP contribution in [0.4, 0.5) is 4.79 Å². The smallest absolute Gasteiger partial charge is 0.410 e. The van der Waals surface area contributed by atoms with E-state index in [0.717, 1.165) is 31.4 Å². The molecule has 3 rings (SSSR count). The third kappa shape index (κ3) is 4.72. The van der Waals surface area contributed by atoms with Crippen LogP contribution in [0.5, 0.6) is 0 Å². The normalized spacial score (nSPS) is 21.0. The molecular formula is C19H27N3O3. The minimum atomic E-state index is -0.464. The fourth-order valence-electron chi connectivity index (χ4n) is 3.31. The van der Waals surface area contributed by atoms with Crippen LogP contribution in [0.2, 0.25) is 0 Å². The fourth-order valence-corrected chi connectivity index (χ4v) is 3.31. The first kappa shape index (κ1) is 17.7. The Bertz CT molecular complexity index is 601. The molecule has 0 unspecified atom stereocenters. The van der Waals surface area contributed by atoms with Crippen molar-refractivity contribution >= 4 is 12.0 Å². The molecule has 1 saturated carbocycles. The van der Waals surface area contributed by atoms with E-state index in [1.54, 1.807) is 6.92 Å². The van der Waals surface area contributed by atoms with Crippen LogP contribution < -0.4 is 5.73 Å². The summed E-state index contributed by atoms with van der Waals surface area (Å²) in [4.78, 5) is 28.2. The molecule has 0 radical (unpaired) electrons. The van der Waals surface area contributed by atoms with Crippen LogP contribution in [-0.2, 0) is 16.1 Å². The maximum atomic E-state index is 12.5. The average Bonchev–Trinajstić information content (AvgIpc) is 3.35. The van der Waals surface area contributed by atoms with Gasteiger partial charge in [0, 0.05) is 25.7 Å². The topological polar surface area (TPSA) is 75.9 Å². The molecule has 1 aliphatic carbocycles. The number of rotatable bonds is 6. The highest BCUT2D eigenvalue weighted by atomic mass is 16.6. The highest BCUT2D eigenvalue weighted by Gasteiger charge is 2.37. The molecule has 1 aromatic rings. The van der Waals surface area contributed by atoms with Gasteiger partial charge in [-0.15, -0.1) is 0 Å². The molecule has 0 aromatic heterocycles. The SMILES string of the molecule is C[C@H](N)C(=O)N1CC[C@@H](CN(C(=O)OCc2ccccc2)C2CC2)C1. The highest BCUT2D eigenvalue weighted by molar-refractivity contribution is 5.81. The van der Waals surface area contributed by atoms with Crippen molar-refractivity contribution < 1.29 is 14.3 Å². The molecule has 6 nitrogen and oxygen atoms in total. The summed E-state index contributed by atoms with van der Waals surface area (Å²) >= 11 is 0. The molecule has 2 amide bonds. The van der Waals surface area contributed by atoms with E-state index in [2.05, 4.69) is 0 Å². The van der Waals surface area contributed by atoms with Gasteiger partial charge in [-0.3, -0.25) is 4.79 Å². The molecule has 25 heavy (non-hydrogen) atoms. The van der Waals surface area contributed by atoms with Crippen LogP contribution in [0.1, 0.15) is 31.7 Å². The van der Waals surface area contributed by atoms with Crippen LogP contribution in [0.25, 0.3) is 0 Å². The van der Waals surface area contributed by atoms with Gasteiger partial charge in [0.1, 0.15) is 6.61 Å². The van der Waals surface area contributed by atoms with Gasteiger partial charge in [0.05, 0.1) is 6.04 Å². The monoisotopic (exact) mass is 345 g/mol. The first-order chi connectivity index (χ1) is 12.0. The summed E-state index contributed by atoms with van der Waals surface area (Å²) in [5.74, 6) is 0.291. The van der Waals surface area contributed by atoms with Crippen LogP contribution in [-0.4, -0.2) is 53.5 Å². The molecule has 2 atom stereocenters. The van der Waals surface area contributed by atoms with E-state index in [1.807, 2.05) is 40.1 Å². The molecule has 2 fully saturated rings. The third-order valence-corrected chi connectivity index (χ3v) is 4.87. The number of benzene rings is 1. The van der Waals surface area contributed by atoms with Gasteiger partial charge in [-0.05, 0) is 37.7 Å². The van der Waals surface area contributed by atoms with Gasteiger partial charge < -0.3 is 20.3 Å². The van der Waals surface area contributed by atoms with Crippen molar-refractivity contribution in [2.45, 2.75) is 44.9 Å². The van der Waals surface area contributed by atoms with E-state index in [4.69, 9.17) is 10.5 Å². The quantitative estimate of drug-likeness (QED) is 0.855. The molecule has 2 N–H and O–H groups in total. The standard InChI is InChI=1S/C19H27N3O3/c1-14(20)18(23)21-10-9-16(11-21)12-22(17-7-8-17)19(24)25-13-15-5-3-2-4-6-15/h2-6,14,16-17H,7-13,20H2,1H3/t14-,16+/m0/s1. The molecular weight excluding hydrogens is 318 g/mol. The number of hydrogen-bond donors (Lipinski definition) is 1. The second kappa shape index (κ2) is 7.87. The largest absolute Gasteiger partial charge is 0.445 e.